The fourth-order valence-corrected chi connectivity index (χ4v) is 8.31. The summed E-state index contributed by atoms with van der Waals surface area (Å²) < 4.78 is 86.7. The Morgan fingerprint density at radius 1 is 0.592 bits per heavy atom. The van der Waals surface area contributed by atoms with Gasteiger partial charge in [-0.05, 0) is 52.7 Å². The molecule has 0 spiro atoms. The van der Waals surface area contributed by atoms with Crippen LogP contribution in [0, 0.1) is 0 Å². The van der Waals surface area contributed by atoms with Gasteiger partial charge in [-0.3, -0.25) is 9.54 Å². The van der Waals surface area contributed by atoms with E-state index in [1.54, 1.807) is 25.4 Å². The Kier molecular flexibility index (Phi) is 18.7. The summed E-state index contributed by atoms with van der Waals surface area (Å²) in [6.07, 6.45) is 4.53. The molecule has 0 fully saturated rings. The van der Waals surface area contributed by atoms with Crippen molar-refractivity contribution in [1.29, 1.82) is 0 Å². The molecule has 4 N–H and O–H groups in total. The van der Waals surface area contributed by atoms with Gasteiger partial charge in [-0.1, -0.05) is 100 Å². The average Bonchev–Trinajstić information content (AvgIpc) is 4.12. The smallest absolute Gasteiger partial charge is 0.464 e. The van der Waals surface area contributed by atoms with E-state index in [-0.39, 0.29) is 60.4 Å². The number of pyridine rings is 1. The summed E-state index contributed by atoms with van der Waals surface area (Å²) in [6.45, 7) is 6.38. The van der Waals surface area contributed by atoms with E-state index in [4.69, 9.17) is 61.8 Å². The summed E-state index contributed by atoms with van der Waals surface area (Å²) in [5.74, 6) is 2.27. The van der Waals surface area contributed by atoms with E-state index in [0.29, 0.717) is 58.2 Å². The Morgan fingerprint density at radius 2 is 1.05 bits per heavy atom. The number of aromatic nitrogens is 12. The SMILES string of the molecule is C.CC.CCOc1nc(NCCNS(C)(=O)=O)nc(Nc2cccc(S(=O)(=O)O)c2)n1.O=S(=O)=O.[Cu+2].c1ccc2c(c1)-c1nc-2nc2[n-]c(nc3nc(nc4[n-]c(n1)c1ccccc41)-c1ccncc1-3)c1ccccc21. The number of anilines is 3. The van der Waals surface area contributed by atoms with Crippen molar-refractivity contribution in [2.45, 2.75) is 33.1 Å². The van der Waals surface area contributed by atoms with Crippen molar-refractivity contribution < 1.29 is 55.8 Å². The number of ether oxygens (including phenoxy) is 1. The molecule has 0 unspecified atom stereocenters. The van der Waals surface area contributed by atoms with Crippen LogP contribution in [0.2, 0.25) is 0 Å². The second-order valence-electron chi connectivity index (χ2n) is 15.2. The molecule has 395 valence electrons. The molecule has 0 saturated heterocycles. The zero-order valence-electron chi connectivity index (χ0n) is 39.7. The van der Waals surface area contributed by atoms with Crippen LogP contribution < -0.4 is 30.1 Å². The van der Waals surface area contributed by atoms with E-state index in [2.05, 4.69) is 35.3 Å². The van der Waals surface area contributed by atoms with E-state index in [1.807, 2.05) is 92.7 Å². The zero-order valence-corrected chi connectivity index (χ0v) is 43.1. The van der Waals surface area contributed by atoms with E-state index in [0.717, 1.165) is 50.1 Å². The number of hydrogen-bond donors (Lipinski definition) is 4. The Morgan fingerprint density at radius 3 is 1.53 bits per heavy atom. The van der Waals surface area contributed by atoms with Crippen LogP contribution in [0.5, 0.6) is 6.01 Å². The van der Waals surface area contributed by atoms with E-state index < -0.39 is 30.8 Å². The van der Waals surface area contributed by atoms with Crippen molar-refractivity contribution in [2.24, 2.45) is 0 Å². The number of nitrogens with one attached hydrogen (secondary N) is 3. The van der Waals surface area contributed by atoms with Gasteiger partial charge in [-0.25, -0.2) is 23.1 Å². The van der Waals surface area contributed by atoms with Crippen LogP contribution in [-0.2, 0) is 47.8 Å². The Hall–Kier alpha value is -8.24. The molecule has 28 heteroatoms. The first kappa shape index (κ1) is 57.0. The van der Waals surface area contributed by atoms with Gasteiger partial charge >= 0.3 is 33.7 Å². The molecule has 0 amide bonds. The fourth-order valence-electron chi connectivity index (χ4n) is 7.31. The molecule has 8 bridgehead atoms. The summed E-state index contributed by atoms with van der Waals surface area (Å²) in [7, 11) is -10.8. The van der Waals surface area contributed by atoms with Crippen LogP contribution in [0.4, 0.5) is 17.6 Å². The summed E-state index contributed by atoms with van der Waals surface area (Å²) in [6, 6.07) is 31.1. The van der Waals surface area contributed by atoms with Gasteiger partial charge in [-0.2, -0.15) is 23.4 Å². The molecule has 1 radical (unpaired) electrons. The number of fused-ring (bicyclic) bond motifs is 20. The molecule has 0 aliphatic carbocycles. The van der Waals surface area contributed by atoms with E-state index in [1.165, 1.54) is 18.2 Å². The largest absolute Gasteiger partial charge is 2.00 e. The molecule has 2 aliphatic rings. The van der Waals surface area contributed by atoms with Crippen molar-refractivity contribution in [2.75, 3.05) is 36.6 Å². The third kappa shape index (κ3) is 13.5. The Labute approximate surface area is 447 Å². The molecule has 24 nitrogen and oxygen atoms in total. The Balaban J connectivity index is 0.000000231. The number of nitrogens with zero attached hydrogens (tertiary/aromatic N) is 12. The molecular weight excluding hydrogens is 1090 g/mol. The first-order valence-electron chi connectivity index (χ1n) is 22.2. The zero-order chi connectivity index (χ0) is 52.6. The monoisotopic (exact) mass is 1130 g/mol. The van der Waals surface area contributed by atoms with Gasteiger partial charge in [0.2, 0.25) is 21.9 Å². The quantitative estimate of drug-likeness (QED) is 0.0653. The number of rotatable bonds is 10. The van der Waals surface area contributed by atoms with Crippen LogP contribution in [0.25, 0.3) is 89.7 Å². The van der Waals surface area contributed by atoms with Crippen molar-refractivity contribution in [3.63, 3.8) is 0 Å². The van der Waals surface area contributed by atoms with Crippen LogP contribution in [0.15, 0.2) is 120 Å². The minimum atomic E-state index is -4.36. The van der Waals surface area contributed by atoms with Gasteiger partial charge in [0.05, 0.1) is 41.1 Å². The van der Waals surface area contributed by atoms with Crippen molar-refractivity contribution >= 4 is 92.5 Å². The minimum absolute atomic E-state index is 0. The molecule has 11 rings (SSSR count). The third-order valence-corrected chi connectivity index (χ3v) is 11.9. The van der Waals surface area contributed by atoms with E-state index in [9.17, 15) is 16.8 Å². The van der Waals surface area contributed by atoms with Crippen molar-refractivity contribution in [3.05, 3.63) is 116 Å². The maximum absolute atomic E-state index is 11.3. The van der Waals surface area contributed by atoms with Crippen LogP contribution in [0.1, 0.15) is 28.2 Å². The summed E-state index contributed by atoms with van der Waals surface area (Å²) >= 11 is 0. The fraction of sp³-hybridized carbons (Fsp3) is 0.167. The number of hydrogen-bond acceptors (Lipinski definition) is 20. The predicted octanol–water partition coefficient (Wildman–Crippen LogP) is 6.40. The van der Waals surface area contributed by atoms with Gasteiger partial charge in [0.15, 0.2) is 0 Å². The molecule has 0 saturated carbocycles. The maximum Gasteiger partial charge on any atom is 2.00 e. The molecule has 5 aromatic heterocycles. The Bertz CT molecular complexity index is 3790. The number of sulfonamides is 1. The number of benzene rings is 4. The van der Waals surface area contributed by atoms with Crippen molar-refractivity contribution in [1.82, 2.24) is 64.5 Å². The summed E-state index contributed by atoms with van der Waals surface area (Å²) in [5.41, 5.74) is 5.83. The molecule has 7 heterocycles. The third-order valence-electron chi connectivity index (χ3n) is 10.3. The first-order chi connectivity index (χ1) is 35.6. The minimum Gasteiger partial charge on any atom is -0.464 e. The second kappa shape index (κ2) is 24.9. The van der Waals surface area contributed by atoms with Gasteiger partial charge in [-0.15, -0.1) is 12.6 Å². The molecule has 2 aliphatic heterocycles. The summed E-state index contributed by atoms with van der Waals surface area (Å²) in [5, 5.41) is 9.14. The molecular formula is C48H45CuN15O9S3. The van der Waals surface area contributed by atoms with Gasteiger partial charge < -0.3 is 45.3 Å². The molecule has 76 heavy (non-hydrogen) atoms. The standard InChI is InChI=1S/C31H15N9.C14H20N6O6S2.C2H6.CH4.Cu.O3S/c1-2-8-17-16(7-1)24-33-25(17)35-27-20-11-5-6-12-21(20)29(37-27)39-31-23-15-32-14-13-22(23)30(40-31)38-28-19-10-4-3-9-18(19)26(34-24)36-28;1-3-26-14-19-12(15-7-8-16-27(2,21)22)18-13(20-14)17-10-5-4-6-11(9-10)28(23,24)25;1-2;;;1-4(2)3/h1-15H;4-6,9,16H,3,7-8H2,1-2H3,(H,23,24,25)(H2,15,17,18,19,20);1-2H3;1H4;;/q-2;;;;+2;. The molecule has 4 aromatic carbocycles. The van der Waals surface area contributed by atoms with Crippen molar-refractivity contribution in [3.8, 4) is 51.6 Å². The van der Waals surface area contributed by atoms with Crippen LogP contribution in [-0.4, -0.2) is 110 Å². The summed E-state index contributed by atoms with van der Waals surface area (Å²) in [4.78, 5) is 55.4. The van der Waals surface area contributed by atoms with Gasteiger partial charge in [0, 0.05) is 76.0 Å². The first-order valence-corrected chi connectivity index (χ1v) is 26.6. The predicted molar refractivity (Wildman–Crippen MR) is 281 cm³/mol. The van der Waals surface area contributed by atoms with Gasteiger partial charge in [0.25, 0.3) is 10.1 Å². The van der Waals surface area contributed by atoms with Crippen LogP contribution in [0.3, 0.4) is 0 Å². The molecule has 0 atom stereocenters. The maximum atomic E-state index is 11.3. The van der Waals surface area contributed by atoms with Crippen LogP contribution >= 0.6 is 0 Å². The van der Waals surface area contributed by atoms with E-state index >= 15 is 0 Å². The van der Waals surface area contributed by atoms with Gasteiger partial charge in [0.1, 0.15) is 0 Å². The molecule has 9 aromatic rings. The average molecular weight is 1140 g/mol. The normalized spacial score (nSPS) is 11.1. The topological polar surface area (TPSA) is 342 Å². The second-order valence-corrected chi connectivity index (χ2v) is 18.8.